The number of rotatable bonds is 5. The van der Waals surface area contributed by atoms with Crippen LogP contribution in [0.4, 0.5) is 0 Å². The van der Waals surface area contributed by atoms with Crippen LogP contribution in [0.15, 0.2) is 47.3 Å². The third-order valence-electron chi connectivity index (χ3n) is 4.12. The highest BCUT2D eigenvalue weighted by atomic mass is 35.5. The Bertz CT molecular complexity index is 952. The van der Waals surface area contributed by atoms with E-state index in [2.05, 4.69) is 10.2 Å². The summed E-state index contributed by atoms with van der Waals surface area (Å²) in [7, 11) is 0. The highest BCUT2D eigenvalue weighted by Crippen LogP contribution is 2.46. The fourth-order valence-electron chi connectivity index (χ4n) is 2.65. The van der Waals surface area contributed by atoms with Crippen molar-refractivity contribution >= 4 is 17.6 Å². The van der Waals surface area contributed by atoms with E-state index in [-0.39, 0.29) is 22.3 Å². The van der Waals surface area contributed by atoms with Gasteiger partial charge in [-0.25, -0.2) is 4.79 Å². The number of benzene rings is 1. The Hall–Kier alpha value is -2.86. The van der Waals surface area contributed by atoms with Gasteiger partial charge in [0.2, 0.25) is 0 Å². The second kappa shape index (κ2) is 6.80. The zero-order valence-corrected chi connectivity index (χ0v) is 14.7. The van der Waals surface area contributed by atoms with Gasteiger partial charge in [-0.15, -0.1) is 10.2 Å². The first-order valence-corrected chi connectivity index (χ1v) is 8.54. The van der Waals surface area contributed by atoms with Crippen molar-refractivity contribution in [3.05, 3.63) is 64.7 Å². The summed E-state index contributed by atoms with van der Waals surface area (Å²) in [5.41, 5.74) is 2.37. The summed E-state index contributed by atoms with van der Waals surface area (Å²) in [6, 6.07) is 8.91. The van der Waals surface area contributed by atoms with Gasteiger partial charge in [0.15, 0.2) is 10.9 Å². The molecule has 26 heavy (non-hydrogen) atoms. The van der Waals surface area contributed by atoms with E-state index in [0.29, 0.717) is 11.7 Å². The molecule has 1 aliphatic rings. The van der Waals surface area contributed by atoms with Gasteiger partial charge in [0, 0.05) is 6.07 Å². The molecule has 0 unspecified atom stereocenters. The molecule has 2 heterocycles. The van der Waals surface area contributed by atoms with E-state index in [4.69, 9.17) is 25.5 Å². The molecule has 6 nitrogen and oxygen atoms in total. The molecule has 3 aromatic rings. The number of aromatic nitrogens is 2. The van der Waals surface area contributed by atoms with Gasteiger partial charge < -0.3 is 13.9 Å². The Morgan fingerprint density at radius 1 is 1.27 bits per heavy atom. The van der Waals surface area contributed by atoms with Crippen molar-refractivity contribution in [3.8, 4) is 17.4 Å². The van der Waals surface area contributed by atoms with Gasteiger partial charge in [0.05, 0.1) is 11.8 Å². The zero-order chi connectivity index (χ0) is 18.1. The van der Waals surface area contributed by atoms with Crippen LogP contribution in [0.5, 0.6) is 17.4 Å². The summed E-state index contributed by atoms with van der Waals surface area (Å²) in [5, 5.41) is 7.87. The van der Waals surface area contributed by atoms with Crippen LogP contribution in [0.25, 0.3) is 0 Å². The number of hydrogen-bond donors (Lipinski definition) is 0. The highest BCUT2D eigenvalue weighted by Gasteiger charge is 2.28. The SMILES string of the molecule is Cc1cccc(C2CC2)c1Oc1nnc(Cl)cc1OC(=O)c1ccoc1. The smallest absolute Gasteiger partial charge is 0.347 e. The zero-order valence-electron chi connectivity index (χ0n) is 13.9. The summed E-state index contributed by atoms with van der Waals surface area (Å²) >= 11 is 5.91. The highest BCUT2D eigenvalue weighted by molar-refractivity contribution is 6.29. The molecule has 1 aliphatic carbocycles. The van der Waals surface area contributed by atoms with Crippen LogP contribution in [-0.4, -0.2) is 16.2 Å². The van der Waals surface area contributed by atoms with Gasteiger partial charge in [-0.2, -0.15) is 0 Å². The summed E-state index contributed by atoms with van der Waals surface area (Å²) in [6.45, 7) is 1.96. The molecule has 132 valence electrons. The Morgan fingerprint density at radius 2 is 2.12 bits per heavy atom. The summed E-state index contributed by atoms with van der Waals surface area (Å²) in [6.07, 6.45) is 4.95. The number of ether oxygens (including phenoxy) is 2. The lowest BCUT2D eigenvalue weighted by molar-refractivity contribution is 0.0728. The van der Waals surface area contributed by atoms with Gasteiger partial charge in [0.1, 0.15) is 12.0 Å². The number of carbonyl (C=O) groups excluding carboxylic acids is 1. The molecule has 1 aromatic carbocycles. The average Bonchev–Trinajstić information content (AvgIpc) is 3.31. The largest absolute Gasteiger partial charge is 0.472 e. The standard InChI is InChI=1S/C19H15ClN2O4/c1-11-3-2-4-14(12-5-6-12)17(11)26-18-15(9-16(20)21-22-18)25-19(23)13-7-8-24-10-13/h2-4,7-10,12H,5-6H2,1H3. The minimum Gasteiger partial charge on any atom is -0.472 e. The van der Waals surface area contributed by atoms with Crippen LogP contribution in [-0.2, 0) is 0 Å². The number of nitrogens with zero attached hydrogens (tertiary/aromatic N) is 2. The van der Waals surface area contributed by atoms with Gasteiger partial charge in [-0.05, 0) is 42.9 Å². The normalized spacial score (nSPS) is 13.5. The van der Waals surface area contributed by atoms with Gasteiger partial charge in [0.25, 0.3) is 5.88 Å². The monoisotopic (exact) mass is 370 g/mol. The number of para-hydroxylation sites is 1. The first-order valence-electron chi connectivity index (χ1n) is 8.17. The van der Waals surface area contributed by atoms with Crippen molar-refractivity contribution in [3.63, 3.8) is 0 Å². The lowest BCUT2D eigenvalue weighted by atomic mass is 10.1. The van der Waals surface area contributed by atoms with E-state index in [1.54, 1.807) is 0 Å². The minimum atomic E-state index is -0.597. The first kappa shape index (κ1) is 16.6. The van der Waals surface area contributed by atoms with Gasteiger partial charge in [-0.1, -0.05) is 29.8 Å². The number of esters is 1. The second-order valence-electron chi connectivity index (χ2n) is 6.11. The van der Waals surface area contributed by atoms with E-state index in [1.807, 2.05) is 25.1 Å². The average molecular weight is 371 g/mol. The minimum absolute atomic E-state index is 0.0856. The quantitative estimate of drug-likeness (QED) is 0.593. The van der Waals surface area contributed by atoms with Crippen molar-refractivity contribution < 1.29 is 18.7 Å². The van der Waals surface area contributed by atoms with Crippen LogP contribution < -0.4 is 9.47 Å². The number of aryl methyl sites for hydroxylation is 1. The summed E-state index contributed by atoms with van der Waals surface area (Å²) in [4.78, 5) is 12.2. The maximum absolute atomic E-state index is 12.2. The molecule has 0 atom stereocenters. The lowest BCUT2D eigenvalue weighted by Gasteiger charge is -2.14. The molecule has 4 rings (SSSR count). The molecule has 0 radical (unpaired) electrons. The van der Waals surface area contributed by atoms with E-state index >= 15 is 0 Å². The van der Waals surface area contributed by atoms with Crippen LogP contribution in [0.2, 0.25) is 5.15 Å². The molecule has 0 aliphatic heterocycles. The molecule has 1 fully saturated rings. The van der Waals surface area contributed by atoms with Gasteiger partial charge in [-0.3, -0.25) is 0 Å². The van der Waals surface area contributed by atoms with E-state index in [0.717, 1.165) is 24.0 Å². The molecule has 1 saturated carbocycles. The third-order valence-corrected chi connectivity index (χ3v) is 4.30. The Kier molecular flexibility index (Phi) is 4.34. The van der Waals surface area contributed by atoms with E-state index < -0.39 is 5.97 Å². The lowest BCUT2D eigenvalue weighted by Crippen LogP contribution is -2.09. The van der Waals surface area contributed by atoms with E-state index in [1.165, 1.54) is 24.7 Å². The van der Waals surface area contributed by atoms with Crippen LogP contribution >= 0.6 is 11.6 Å². The molecular weight excluding hydrogens is 356 g/mol. The number of halogens is 1. The molecule has 0 bridgehead atoms. The molecule has 2 aromatic heterocycles. The van der Waals surface area contributed by atoms with Crippen LogP contribution in [0, 0.1) is 6.92 Å². The summed E-state index contributed by atoms with van der Waals surface area (Å²) in [5.74, 6) is 0.790. The number of hydrogen-bond acceptors (Lipinski definition) is 6. The number of carbonyl (C=O) groups is 1. The predicted octanol–water partition coefficient (Wildman–Crippen LogP) is 4.92. The summed E-state index contributed by atoms with van der Waals surface area (Å²) < 4.78 is 16.3. The molecule has 7 heteroatoms. The fraction of sp³-hybridized carbons (Fsp3) is 0.211. The maximum atomic E-state index is 12.2. The van der Waals surface area contributed by atoms with Crippen molar-refractivity contribution in [1.82, 2.24) is 10.2 Å². The molecule has 0 N–H and O–H groups in total. The van der Waals surface area contributed by atoms with Crippen molar-refractivity contribution in [2.24, 2.45) is 0 Å². The fourth-order valence-corrected chi connectivity index (χ4v) is 2.79. The Balaban J connectivity index is 1.66. The molecule has 0 saturated heterocycles. The Labute approximate surface area is 154 Å². The molecule has 0 amide bonds. The van der Waals surface area contributed by atoms with Crippen LogP contribution in [0.3, 0.4) is 0 Å². The van der Waals surface area contributed by atoms with Gasteiger partial charge >= 0.3 is 5.97 Å². The van der Waals surface area contributed by atoms with Crippen molar-refractivity contribution in [1.29, 1.82) is 0 Å². The first-order chi connectivity index (χ1) is 12.6. The third kappa shape index (κ3) is 3.41. The topological polar surface area (TPSA) is 74.5 Å². The maximum Gasteiger partial charge on any atom is 0.347 e. The van der Waals surface area contributed by atoms with Crippen molar-refractivity contribution in [2.75, 3.05) is 0 Å². The number of furan rings is 1. The molecule has 0 spiro atoms. The van der Waals surface area contributed by atoms with Crippen molar-refractivity contribution in [2.45, 2.75) is 25.7 Å². The van der Waals surface area contributed by atoms with Crippen LogP contribution in [0.1, 0.15) is 40.2 Å². The van der Waals surface area contributed by atoms with E-state index in [9.17, 15) is 4.79 Å². The predicted molar refractivity (Wildman–Crippen MR) is 93.9 cm³/mol. The molecular formula is C19H15ClN2O4. The Morgan fingerprint density at radius 3 is 2.85 bits per heavy atom. The second-order valence-corrected chi connectivity index (χ2v) is 6.49.